The van der Waals surface area contributed by atoms with Crippen molar-refractivity contribution < 1.29 is 14.4 Å². The Labute approximate surface area is 154 Å². The molecule has 5 nitrogen and oxygen atoms in total. The number of para-hydroxylation sites is 1. The summed E-state index contributed by atoms with van der Waals surface area (Å²) in [4.78, 5) is 38.7. The van der Waals surface area contributed by atoms with Gasteiger partial charge < -0.3 is 5.32 Å². The van der Waals surface area contributed by atoms with E-state index in [1.54, 1.807) is 0 Å². The second kappa shape index (κ2) is 7.85. The van der Waals surface area contributed by atoms with Crippen molar-refractivity contribution in [1.82, 2.24) is 4.90 Å². The van der Waals surface area contributed by atoms with E-state index in [0.717, 1.165) is 29.7 Å². The predicted octanol–water partition coefficient (Wildman–Crippen LogP) is 3.09. The summed E-state index contributed by atoms with van der Waals surface area (Å²) < 4.78 is 0. The number of hydrogen-bond donors (Lipinski definition) is 1. The minimum atomic E-state index is -0.233. The molecule has 5 heteroatoms. The lowest BCUT2D eigenvalue weighted by Gasteiger charge is -2.17. The van der Waals surface area contributed by atoms with Crippen molar-refractivity contribution in [3.8, 4) is 0 Å². The molecule has 0 spiro atoms. The van der Waals surface area contributed by atoms with Crippen LogP contribution in [0.15, 0.2) is 30.4 Å². The Morgan fingerprint density at radius 2 is 1.58 bits per heavy atom. The number of anilines is 1. The molecule has 3 rings (SSSR count). The number of imide groups is 1. The highest BCUT2D eigenvalue weighted by atomic mass is 16.2. The number of likely N-dealkylation sites (tertiary alicyclic amines) is 1. The van der Waals surface area contributed by atoms with E-state index < -0.39 is 0 Å². The summed E-state index contributed by atoms with van der Waals surface area (Å²) in [6.45, 7) is 4.27. The Hall–Kier alpha value is -2.43. The van der Waals surface area contributed by atoms with Gasteiger partial charge in [0.1, 0.15) is 0 Å². The van der Waals surface area contributed by atoms with Gasteiger partial charge in [-0.05, 0) is 36.8 Å². The second-order valence-corrected chi connectivity index (χ2v) is 6.94. The van der Waals surface area contributed by atoms with E-state index >= 15 is 0 Å². The van der Waals surface area contributed by atoms with Crippen LogP contribution in [0.4, 0.5) is 5.69 Å². The van der Waals surface area contributed by atoms with Crippen molar-refractivity contribution in [1.29, 1.82) is 0 Å². The van der Waals surface area contributed by atoms with E-state index in [4.69, 9.17) is 0 Å². The fourth-order valence-electron chi connectivity index (χ4n) is 3.91. The number of carbonyl (C=O) groups is 3. The summed E-state index contributed by atoms with van der Waals surface area (Å²) in [5, 5.41) is 3.00. The maximum atomic E-state index is 12.5. The number of amides is 3. The molecule has 3 amide bonds. The van der Waals surface area contributed by atoms with Crippen molar-refractivity contribution >= 4 is 23.4 Å². The first-order valence-electron chi connectivity index (χ1n) is 9.47. The molecule has 2 aliphatic rings. The number of aryl methyl sites for hydroxylation is 2. The van der Waals surface area contributed by atoms with Crippen LogP contribution in [0.5, 0.6) is 0 Å². The second-order valence-electron chi connectivity index (χ2n) is 6.94. The Morgan fingerprint density at radius 3 is 2.08 bits per heavy atom. The van der Waals surface area contributed by atoms with Gasteiger partial charge in [0.2, 0.25) is 17.7 Å². The summed E-state index contributed by atoms with van der Waals surface area (Å²) in [6, 6.07) is 6.03. The van der Waals surface area contributed by atoms with Crippen LogP contribution in [-0.4, -0.2) is 29.2 Å². The van der Waals surface area contributed by atoms with Crippen LogP contribution in [0.2, 0.25) is 0 Å². The van der Waals surface area contributed by atoms with Gasteiger partial charge in [-0.2, -0.15) is 0 Å². The van der Waals surface area contributed by atoms with Gasteiger partial charge in [0.05, 0.1) is 11.8 Å². The lowest BCUT2D eigenvalue weighted by atomic mass is 9.85. The van der Waals surface area contributed by atoms with Crippen molar-refractivity contribution in [2.75, 3.05) is 11.9 Å². The highest BCUT2D eigenvalue weighted by Crippen LogP contribution is 2.35. The largest absolute Gasteiger partial charge is 0.326 e. The third-order valence-electron chi connectivity index (χ3n) is 5.42. The first-order chi connectivity index (χ1) is 12.6. The Morgan fingerprint density at radius 1 is 1.04 bits per heavy atom. The Kier molecular flexibility index (Phi) is 5.55. The highest BCUT2D eigenvalue weighted by molar-refractivity contribution is 6.06. The number of carbonyl (C=O) groups excluding carboxylic acids is 3. The molecule has 1 aromatic carbocycles. The van der Waals surface area contributed by atoms with E-state index in [1.165, 1.54) is 4.90 Å². The van der Waals surface area contributed by atoms with Crippen LogP contribution in [0.3, 0.4) is 0 Å². The van der Waals surface area contributed by atoms with Crippen LogP contribution < -0.4 is 5.32 Å². The van der Waals surface area contributed by atoms with E-state index in [-0.39, 0.29) is 42.5 Å². The average molecular weight is 354 g/mol. The summed E-state index contributed by atoms with van der Waals surface area (Å²) in [6.07, 6.45) is 6.99. The summed E-state index contributed by atoms with van der Waals surface area (Å²) in [5.74, 6) is -0.874. The molecule has 0 bridgehead atoms. The van der Waals surface area contributed by atoms with E-state index in [1.807, 2.05) is 30.4 Å². The molecule has 26 heavy (non-hydrogen) atoms. The van der Waals surface area contributed by atoms with Crippen LogP contribution in [0, 0.1) is 11.8 Å². The van der Waals surface area contributed by atoms with Crippen molar-refractivity contribution in [2.24, 2.45) is 11.8 Å². The fraction of sp³-hybridized carbons (Fsp3) is 0.476. The zero-order chi connectivity index (χ0) is 18.7. The van der Waals surface area contributed by atoms with Gasteiger partial charge in [0.25, 0.3) is 0 Å². The van der Waals surface area contributed by atoms with E-state index in [9.17, 15) is 14.4 Å². The standard InChI is InChI=1S/C21H26N2O3/c1-3-14-8-7-9-15(4-2)19(14)22-18(24)12-13-23-20(25)16-10-5-6-11-17(16)21(23)26/h5-9,16-17H,3-4,10-13H2,1-2H3,(H,22,24)/t16-,17+. The molecule has 0 radical (unpaired) electrons. The third-order valence-corrected chi connectivity index (χ3v) is 5.42. The van der Waals surface area contributed by atoms with Gasteiger partial charge in [-0.15, -0.1) is 0 Å². The maximum absolute atomic E-state index is 12.5. The summed E-state index contributed by atoms with van der Waals surface area (Å²) in [7, 11) is 0. The molecule has 0 aromatic heterocycles. The number of allylic oxidation sites excluding steroid dienone is 2. The molecule has 1 aromatic rings. The van der Waals surface area contributed by atoms with Crippen LogP contribution >= 0.6 is 0 Å². The molecule has 0 unspecified atom stereocenters. The number of nitrogens with one attached hydrogen (secondary N) is 1. The molecule has 1 N–H and O–H groups in total. The minimum absolute atomic E-state index is 0.125. The molecule has 1 saturated heterocycles. The van der Waals surface area contributed by atoms with Gasteiger partial charge in [0.15, 0.2) is 0 Å². The van der Waals surface area contributed by atoms with Crippen LogP contribution in [0.25, 0.3) is 0 Å². The van der Waals surface area contributed by atoms with Gasteiger partial charge in [-0.25, -0.2) is 0 Å². The first-order valence-corrected chi connectivity index (χ1v) is 9.47. The monoisotopic (exact) mass is 354 g/mol. The molecule has 2 atom stereocenters. The van der Waals surface area contributed by atoms with E-state index in [0.29, 0.717) is 12.8 Å². The highest BCUT2D eigenvalue weighted by Gasteiger charge is 2.46. The Bertz CT molecular complexity index is 705. The molecule has 1 heterocycles. The van der Waals surface area contributed by atoms with Gasteiger partial charge >= 0.3 is 0 Å². The topological polar surface area (TPSA) is 66.5 Å². The predicted molar refractivity (Wildman–Crippen MR) is 101 cm³/mol. The number of fused-ring (bicyclic) bond motifs is 1. The molecule has 0 saturated carbocycles. The number of rotatable bonds is 6. The quantitative estimate of drug-likeness (QED) is 0.631. The van der Waals surface area contributed by atoms with Crippen molar-refractivity contribution in [3.05, 3.63) is 41.5 Å². The van der Waals surface area contributed by atoms with Gasteiger partial charge in [0, 0.05) is 18.7 Å². The normalized spacial score (nSPS) is 21.8. The molecule has 1 fully saturated rings. The van der Waals surface area contributed by atoms with Crippen LogP contribution in [-0.2, 0) is 27.2 Å². The zero-order valence-corrected chi connectivity index (χ0v) is 15.5. The zero-order valence-electron chi connectivity index (χ0n) is 15.5. The van der Waals surface area contributed by atoms with Gasteiger partial charge in [-0.1, -0.05) is 44.2 Å². The molecule has 1 aliphatic carbocycles. The molecular formula is C21H26N2O3. The summed E-state index contributed by atoms with van der Waals surface area (Å²) >= 11 is 0. The van der Waals surface area contributed by atoms with E-state index in [2.05, 4.69) is 19.2 Å². The maximum Gasteiger partial charge on any atom is 0.233 e. The Balaban J connectivity index is 1.63. The average Bonchev–Trinajstić information content (AvgIpc) is 2.91. The number of hydrogen-bond acceptors (Lipinski definition) is 3. The molecule has 1 aliphatic heterocycles. The number of benzene rings is 1. The molecule has 138 valence electrons. The lowest BCUT2D eigenvalue weighted by molar-refractivity contribution is -0.140. The van der Waals surface area contributed by atoms with Crippen molar-refractivity contribution in [2.45, 2.75) is 46.0 Å². The van der Waals surface area contributed by atoms with Crippen molar-refractivity contribution in [3.63, 3.8) is 0 Å². The smallest absolute Gasteiger partial charge is 0.233 e. The number of nitrogens with zero attached hydrogens (tertiary/aromatic N) is 1. The minimum Gasteiger partial charge on any atom is -0.326 e. The summed E-state index contributed by atoms with van der Waals surface area (Å²) in [5.41, 5.74) is 3.07. The fourth-order valence-corrected chi connectivity index (χ4v) is 3.91. The molecular weight excluding hydrogens is 328 g/mol. The third kappa shape index (κ3) is 3.43. The van der Waals surface area contributed by atoms with Crippen LogP contribution in [0.1, 0.15) is 44.2 Å². The van der Waals surface area contributed by atoms with Gasteiger partial charge in [-0.3, -0.25) is 19.3 Å². The lowest BCUT2D eigenvalue weighted by Crippen LogP contribution is -2.34. The first kappa shape index (κ1) is 18.4. The SMILES string of the molecule is CCc1cccc(CC)c1NC(=O)CCN1C(=O)[C@H]2CC=CC[C@H]2C1=O.